The summed E-state index contributed by atoms with van der Waals surface area (Å²) in [6.07, 6.45) is 19.9. The third kappa shape index (κ3) is 37.3. The van der Waals surface area contributed by atoms with E-state index in [-0.39, 0.29) is 51.6 Å². The Morgan fingerprint density at radius 3 is 0.892 bits per heavy atom. The molecule has 7 amide bonds. The fourth-order valence-corrected chi connectivity index (χ4v) is 51.9. The molecule has 0 bridgehead atoms. The number of halogens is 2. The van der Waals surface area contributed by atoms with Crippen LogP contribution in [0.15, 0.2) is 203 Å². The number of rotatable bonds is 33. The molecule has 4 aromatic heterocycles. The molecule has 4 fully saturated rings. The Morgan fingerprint density at radius 2 is 0.631 bits per heavy atom. The van der Waals surface area contributed by atoms with Crippen molar-refractivity contribution < 1.29 is 62.4 Å². The number of nitrogens with zero attached hydrogens (tertiary/aromatic N) is 8. The molecule has 4 aliphatic rings. The molecule has 29 heteroatoms. The van der Waals surface area contributed by atoms with Gasteiger partial charge in [-0.1, -0.05) is 153 Å². The van der Waals surface area contributed by atoms with Gasteiger partial charge in [0.1, 0.15) is 94.5 Å². The van der Waals surface area contributed by atoms with Crippen molar-refractivity contribution >= 4 is 140 Å². The second kappa shape index (κ2) is 59.3. The third-order valence-electron chi connectivity index (χ3n) is 22.6. The summed E-state index contributed by atoms with van der Waals surface area (Å²) >= 11 is 1.87. The number of anilines is 4. The number of unbranched alkanes of at least 4 members (excludes halogenated alkanes) is 6. The number of ether oxygens (including phenoxy) is 4. The SMILES string of the molecule is C.CCC[CH2][Sn]([C]#[C][Sn]([CH2]CCC)([CH2]CCC)[CH2]CCC)([CH2]CCC)[CH2]CCC.Nc1cccc(Br)n1.O=C(Nc1cccc(Br)n1)[C@@H]1CCCN1C(=O)OCc1ccccc1.O=C(Nc1cccc(C#Cc2cccc(NC(=O)[C@@H]3CCCN3C(=O)OCc3ccccc3)n2)n1)[C@@H]1CCCN1C(=O)OCc1ccccc1.O=C(O)[C@@H]1CCCN1C(=O)OCc1ccccc1. The predicted octanol–water partition coefficient (Wildman–Crippen LogP) is 22.6. The van der Waals surface area contributed by atoms with Gasteiger partial charge in [-0.15, -0.1) is 0 Å². The molecule has 0 aliphatic carbocycles. The van der Waals surface area contributed by atoms with Crippen LogP contribution in [0.1, 0.15) is 211 Å². The predicted molar refractivity (Wildman–Crippen MR) is 526 cm³/mol. The van der Waals surface area contributed by atoms with Crippen molar-refractivity contribution in [1.29, 1.82) is 0 Å². The fourth-order valence-electron chi connectivity index (χ4n) is 15.5. The van der Waals surface area contributed by atoms with E-state index in [1.807, 2.05) is 133 Å². The number of carboxylic acid groups (broad SMARTS) is 1. The number of likely N-dealkylation sites (tertiary alicyclic amines) is 4. The Kier molecular flexibility index (Phi) is 48.8. The zero-order valence-corrected chi connectivity index (χ0v) is 84.5. The summed E-state index contributed by atoms with van der Waals surface area (Å²) in [4.78, 5) is 122. The van der Waals surface area contributed by atoms with Gasteiger partial charge in [-0.2, -0.15) is 0 Å². The Hall–Kier alpha value is -10.1. The van der Waals surface area contributed by atoms with Crippen LogP contribution in [-0.4, -0.2) is 180 Å². The minimum Gasteiger partial charge on any atom is -0.480 e. The minimum absolute atomic E-state index is 0. The molecular weight excluding hydrogens is 1990 g/mol. The number of hydrogen-bond donors (Lipinski definition) is 5. The van der Waals surface area contributed by atoms with Crippen LogP contribution in [-0.2, 0) is 64.6 Å². The van der Waals surface area contributed by atoms with Crippen molar-refractivity contribution in [3.63, 3.8) is 0 Å². The molecule has 6 N–H and O–H groups in total. The molecule has 0 radical (unpaired) electrons. The van der Waals surface area contributed by atoms with Gasteiger partial charge in [0.25, 0.3) is 0 Å². The van der Waals surface area contributed by atoms with Gasteiger partial charge in [0.05, 0.1) is 0 Å². The van der Waals surface area contributed by atoms with Crippen molar-refractivity contribution in [2.24, 2.45) is 0 Å². The molecule has 4 atom stereocenters. The molecule has 0 spiro atoms. The second-order valence-electron chi connectivity index (χ2n) is 32.6. The summed E-state index contributed by atoms with van der Waals surface area (Å²) in [5.74, 6) is 5.55. The van der Waals surface area contributed by atoms with Gasteiger partial charge in [0, 0.05) is 26.2 Å². The van der Waals surface area contributed by atoms with Gasteiger partial charge in [-0.3, -0.25) is 34.0 Å². The summed E-state index contributed by atoms with van der Waals surface area (Å²) in [6, 6.07) is 55.7. The first-order valence-electron chi connectivity index (χ1n) is 45.7. The number of carboxylic acids is 1. The molecule has 130 heavy (non-hydrogen) atoms. The molecule has 4 aromatic carbocycles. The number of amides is 7. The van der Waals surface area contributed by atoms with Crippen LogP contribution in [0.3, 0.4) is 0 Å². The molecule has 696 valence electrons. The van der Waals surface area contributed by atoms with Crippen LogP contribution < -0.4 is 21.7 Å². The summed E-state index contributed by atoms with van der Waals surface area (Å²) in [5, 5.41) is 17.3. The van der Waals surface area contributed by atoms with E-state index in [0.717, 1.165) is 33.3 Å². The molecule has 25 nitrogen and oxygen atoms in total. The number of hydrogen-bond acceptors (Lipinski definition) is 17. The standard InChI is InChI=1S/C38H36N6O6.C18H18BrN3O3.C13H15NO4.C5H5BrN2.6C4H9.C2.CH4.2Sn/c45-35(31-17-9-23-43(31)37(47)49-25-27-11-3-1-4-12-27)41-33-19-7-15-29(39-33)21-22-30-16-8-20-34(40-30)42-36(46)32-18-10-24-44(32)38(48)50-26-28-13-5-2-6-14-28;19-15-9-4-10-16(20-15)21-17(23)14-8-5-11-22(14)18(24)25-12-13-6-2-1-3-7-13;15-12(16)11-7-4-8-14(11)13(17)18-9-10-5-2-1-3-6-10;6-4-2-1-3-5(7)8-4;6*1-3-4-2;1-2;;;/h1-8,11-16,19-20,31-32H,9-10,17-18,23-26H2,(H,39,41,45)(H,40,42,46);1-4,6-7,9-10,14H,5,8,11-12H2,(H,20,21,23);1-3,5-6,11H,4,7-9H2,(H,15,16);1-3H,(H2,7,8);6*1,3-4H2,2H3;;1H4;;/t31-,32-;14-;11-;;;;;;;;;;;/m000.........../s1. The van der Waals surface area contributed by atoms with E-state index in [0.29, 0.717) is 110 Å². The molecule has 8 aromatic rings. The van der Waals surface area contributed by atoms with E-state index in [2.05, 4.69) is 129 Å². The van der Waals surface area contributed by atoms with Gasteiger partial charge < -0.3 is 45.7 Å². The third-order valence-corrected chi connectivity index (χ3v) is 51.7. The molecular formula is C101H132Br2N12O13Sn2. The minimum atomic E-state index is -2.28. The average molecular weight is 2120 g/mol. The average Bonchev–Trinajstić information content (AvgIpc) is 1.69. The summed E-state index contributed by atoms with van der Waals surface area (Å²) < 4.78 is 40.9. The summed E-state index contributed by atoms with van der Waals surface area (Å²) in [5.41, 5.74) is 9.62. The fraction of sp³-hybridized carbons (Fsp3) is 0.446. The Labute approximate surface area is 794 Å². The van der Waals surface area contributed by atoms with Crippen LogP contribution in [0.25, 0.3) is 0 Å². The largest absolute Gasteiger partial charge is 0.480 e. The Balaban J connectivity index is 0.000000246. The smallest absolute Gasteiger partial charge is 0.410 e. The molecule has 4 aliphatic heterocycles. The van der Waals surface area contributed by atoms with Gasteiger partial charge in [0.15, 0.2) is 0 Å². The van der Waals surface area contributed by atoms with Crippen LogP contribution >= 0.6 is 31.9 Å². The number of nitrogen functional groups attached to an aromatic ring is 1. The zero-order chi connectivity index (χ0) is 92.4. The van der Waals surface area contributed by atoms with Crippen molar-refractivity contribution in [1.82, 2.24) is 39.5 Å². The molecule has 0 saturated carbocycles. The first-order valence-corrected chi connectivity index (χ1v) is 62.2. The monoisotopic (exact) mass is 2120 g/mol. The molecule has 8 heterocycles. The molecule has 12 rings (SSSR count). The summed E-state index contributed by atoms with van der Waals surface area (Å²) in [7, 11) is 0. The number of carbonyl (C=O) groups excluding carboxylic acids is 7. The van der Waals surface area contributed by atoms with E-state index < -0.39 is 91.3 Å². The van der Waals surface area contributed by atoms with Crippen molar-refractivity contribution in [3.8, 4) is 19.7 Å². The number of nitrogens with two attached hydrogens (primary N) is 1. The van der Waals surface area contributed by atoms with Gasteiger partial charge >= 0.3 is 220 Å². The maximum Gasteiger partial charge on any atom is 0.410 e. The number of aromatic nitrogens is 4. The van der Waals surface area contributed by atoms with E-state index in [9.17, 15) is 38.4 Å². The van der Waals surface area contributed by atoms with E-state index >= 15 is 0 Å². The Morgan fingerprint density at radius 1 is 0.369 bits per heavy atom. The van der Waals surface area contributed by atoms with Crippen LogP contribution in [0.2, 0.25) is 26.6 Å². The number of carbonyl (C=O) groups is 8. The van der Waals surface area contributed by atoms with E-state index in [1.54, 1.807) is 87.3 Å². The van der Waals surface area contributed by atoms with Crippen molar-refractivity contribution in [2.45, 2.75) is 255 Å². The van der Waals surface area contributed by atoms with Gasteiger partial charge in [-0.25, -0.2) is 43.9 Å². The van der Waals surface area contributed by atoms with E-state index in [4.69, 9.17) is 29.8 Å². The molecule has 4 saturated heterocycles. The summed E-state index contributed by atoms with van der Waals surface area (Å²) in [6.45, 7) is 16.7. The number of pyridine rings is 4. The first kappa shape index (κ1) is 107. The normalized spacial score (nSPS) is 15.3. The number of aliphatic carboxylic acids is 1. The zero-order valence-electron chi connectivity index (χ0n) is 75.6. The first-order chi connectivity index (χ1) is 62.6. The van der Waals surface area contributed by atoms with E-state index in [1.165, 1.54) is 96.6 Å². The number of benzene rings is 4. The van der Waals surface area contributed by atoms with Gasteiger partial charge in [-0.05, 0) is 166 Å². The second-order valence-corrected chi connectivity index (χ2v) is 58.8. The van der Waals surface area contributed by atoms with Crippen LogP contribution in [0.5, 0.6) is 0 Å². The molecule has 0 unspecified atom stereocenters. The van der Waals surface area contributed by atoms with Crippen LogP contribution in [0.4, 0.5) is 42.4 Å². The van der Waals surface area contributed by atoms with Crippen molar-refractivity contribution in [2.75, 3.05) is 47.9 Å². The maximum absolute atomic E-state index is 13.2. The maximum atomic E-state index is 13.2. The quantitative estimate of drug-likeness (QED) is 0.0110. The topological polar surface area (TPSA) is 320 Å². The number of nitrogens with one attached hydrogen (secondary N) is 3. The van der Waals surface area contributed by atoms with Gasteiger partial charge in [0.2, 0.25) is 17.7 Å². The van der Waals surface area contributed by atoms with Crippen LogP contribution in [0, 0.1) is 19.7 Å². The Bertz CT molecular complexity index is 4700. The van der Waals surface area contributed by atoms with Crippen molar-refractivity contribution in [3.05, 3.63) is 237 Å².